The Balaban J connectivity index is 2.69. The topological polar surface area (TPSA) is 35.6 Å². The van der Waals surface area contributed by atoms with Gasteiger partial charge in [0, 0.05) is 19.1 Å². The molecule has 112 valence electrons. The summed E-state index contributed by atoms with van der Waals surface area (Å²) in [4.78, 5) is 16.8. The van der Waals surface area contributed by atoms with Gasteiger partial charge in [0.1, 0.15) is 0 Å². The third-order valence-electron chi connectivity index (χ3n) is 4.11. The van der Waals surface area contributed by atoms with Crippen molar-refractivity contribution in [2.75, 3.05) is 20.1 Å². The van der Waals surface area contributed by atoms with Crippen LogP contribution in [0.2, 0.25) is 0 Å². The Morgan fingerprint density at radius 2 is 1.74 bits per heavy atom. The van der Waals surface area contributed by atoms with Gasteiger partial charge >= 0.3 is 0 Å². The Morgan fingerprint density at radius 1 is 1.16 bits per heavy atom. The number of carbonyl (C=O) groups is 1. The van der Waals surface area contributed by atoms with Crippen molar-refractivity contribution in [1.82, 2.24) is 15.1 Å². The quantitative estimate of drug-likeness (QED) is 0.798. The molecule has 0 spiro atoms. The van der Waals surface area contributed by atoms with Crippen molar-refractivity contribution < 1.29 is 4.79 Å². The first kappa shape index (κ1) is 16.4. The van der Waals surface area contributed by atoms with E-state index in [1.54, 1.807) is 0 Å². The highest BCUT2D eigenvalue weighted by Gasteiger charge is 2.41. The molecular formula is C15H31N3O. The molecule has 4 nitrogen and oxygen atoms in total. The van der Waals surface area contributed by atoms with Crippen molar-refractivity contribution in [2.24, 2.45) is 11.8 Å². The molecule has 0 aromatic carbocycles. The van der Waals surface area contributed by atoms with Crippen molar-refractivity contribution in [3.63, 3.8) is 0 Å². The van der Waals surface area contributed by atoms with Gasteiger partial charge in [0.15, 0.2) is 0 Å². The highest BCUT2D eigenvalue weighted by molar-refractivity contribution is 5.84. The highest BCUT2D eigenvalue weighted by atomic mass is 16.2. The van der Waals surface area contributed by atoms with Gasteiger partial charge < -0.3 is 9.80 Å². The van der Waals surface area contributed by atoms with E-state index in [9.17, 15) is 4.79 Å². The Labute approximate surface area is 118 Å². The van der Waals surface area contributed by atoms with Gasteiger partial charge in [-0.1, -0.05) is 27.7 Å². The Morgan fingerprint density at radius 3 is 2.16 bits per heavy atom. The molecule has 19 heavy (non-hydrogen) atoms. The molecule has 0 aliphatic carbocycles. The van der Waals surface area contributed by atoms with Gasteiger partial charge in [-0.3, -0.25) is 10.1 Å². The van der Waals surface area contributed by atoms with Gasteiger partial charge in [-0.05, 0) is 32.7 Å². The average molecular weight is 269 g/mol. The summed E-state index contributed by atoms with van der Waals surface area (Å²) in [5.74, 6) is 1.06. The molecule has 2 unspecified atom stereocenters. The molecule has 1 fully saturated rings. The van der Waals surface area contributed by atoms with E-state index in [-0.39, 0.29) is 18.1 Å². The second-order valence-corrected chi connectivity index (χ2v) is 6.68. The summed E-state index contributed by atoms with van der Waals surface area (Å²) in [7, 11) is 2.11. The average Bonchev–Trinajstić information content (AvgIpc) is 2.63. The van der Waals surface area contributed by atoms with Crippen molar-refractivity contribution >= 4 is 5.91 Å². The van der Waals surface area contributed by atoms with Crippen molar-refractivity contribution in [3.05, 3.63) is 0 Å². The highest BCUT2D eigenvalue weighted by Crippen LogP contribution is 2.21. The zero-order valence-corrected chi connectivity index (χ0v) is 13.6. The molecule has 1 aliphatic heterocycles. The predicted octanol–water partition coefficient (Wildman–Crippen LogP) is 1.77. The predicted molar refractivity (Wildman–Crippen MR) is 79.9 cm³/mol. The van der Waals surface area contributed by atoms with Crippen LogP contribution in [0.25, 0.3) is 0 Å². The van der Waals surface area contributed by atoms with E-state index in [2.05, 4.69) is 58.8 Å². The first-order valence-electron chi connectivity index (χ1n) is 7.52. The SMILES string of the molecule is CC(C)C1NC(C(C)C)N(CCN(C)C(C)C)C1=O. The summed E-state index contributed by atoms with van der Waals surface area (Å²) in [6.45, 7) is 14.7. The molecule has 1 saturated heterocycles. The molecule has 1 heterocycles. The minimum atomic E-state index is -0.0169. The van der Waals surface area contributed by atoms with Gasteiger partial charge in [-0.2, -0.15) is 0 Å². The molecule has 0 aromatic heterocycles. The summed E-state index contributed by atoms with van der Waals surface area (Å²) < 4.78 is 0. The maximum Gasteiger partial charge on any atom is 0.241 e. The van der Waals surface area contributed by atoms with Crippen LogP contribution in [0.1, 0.15) is 41.5 Å². The van der Waals surface area contributed by atoms with Gasteiger partial charge in [0.05, 0.1) is 12.2 Å². The lowest BCUT2D eigenvalue weighted by Gasteiger charge is -2.30. The van der Waals surface area contributed by atoms with E-state index < -0.39 is 0 Å². The normalized spacial score (nSPS) is 24.6. The van der Waals surface area contributed by atoms with Crippen LogP contribution < -0.4 is 5.32 Å². The minimum Gasteiger partial charge on any atom is -0.324 e. The fourth-order valence-electron chi connectivity index (χ4n) is 2.46. The summed E-state index contributed by atoms with van der Waals surface area (Å²) >= 11 is 0. The van der Waals surface area contributed by atoms with Crippen molar-refractivity contribution in [2.45, 2.75) is 59.8 Å². The number of nitrogens with zero attached hydrogens (tertiary/aromatic N) is 2. The lowest BCUT2D eigenvalue weighted by molar-refractivity contribution is -0.131. The number of nitrogens with one attached hydrogen (secondary N) is 1. The third-order valence-corrected chi connectivity index (χ3v) is 4.11. The Bertz CT molecular complexity index is 302. The molecule has 0 aromatic rings. The van der Waals surface area contributed by atoms with E-state index in [1.807, 2.05) is 4.90 Å². The first-order valence-corrected chi connectivity index (χ1v) is 7.52. The van der Waals surface area contributed by atoms with E-state index in [1.165, 1.54) is 0 Å². The second-order valence-electron chi connectivity index (χ2n) is 6.68. The smallest absolute Gasteiger partial charge is 0.241 e. The van der Waals surface area contributed by atoms with Crippen molar-refractivity contribution in [3.8, 4) is 0 Å². The summed E-state index contributed by atoms with van der Waals surface area (Å²) in [5, 5.41) is 3.50. The Kier molecular flexibility index (Phi) is 5.81. The molecule has 1 rings (SSSR count). The van der Waals surface area contributed by atoms with Gasteiger partial charge in [0.2, 0.25) is 5.91 Å². The maximum atomic E-state index is 12.5. The zero-order chi connectivity index (χ0) is 14.7. The van der Waals surface area contributed by atoms with E-state index >= 15 is 0 Å². The molecule has 0 bridgehead atoms. The monoisotopic (exact) mass is 269 g/mol. The number of amides is 1. The number of likely N-dealkylation sites (N-methyl/N-ethyl adjacent to an activating group) is 1. The summed E-state index contributed by atoms with van der Waals surface area (Å²) in [6, 6.07) is 0.501. The molecule has 4 heteroatoms. The lowest BCUT2D eigenvalue weighted by Crippen LogP contribution is -2.45. The fraction of sp³-hybridized carbons (Fsp3) is 0.933. The number of hydrogen-bond donors (Lipinski definition) is 1. The second kappa shape index (κ2) is 6.71. The molecule has 0 radical (unpaired) electrons. The largest absolute Gasteiger partial charge is 0.324 e. The van der Waals surface area contributed by atoms with Crippen LogP contribution in [0, 0.1) is 11.8 Å². The van der Waals surface area contributed by atoms with Crippen LogP contribution in [0.3, 0.4) is 0 Å². The molecule has 2 atom stereocenters. The maximum absolute atomic E-state index is 12.5. The number of rotatable bonds is 6. The van der Waals surface area contributed by atoms with E-state index in [4.69, 9.17) is 0 Å². The zero-order valence-electron chi connectivity index (χ0n) is 13.6. The van der Waals surface area contributed by atoms with Crippen LogP contribution in [-0.2, 0) is 4.79 Å². The van der Waals surface area contributed by atoms with E-state index in [0.29, 0.717) is 17.9 Å². The van der Waals surface area contributed by atoms with Gasteiger partial charge in [-0.15, -0.1) is 0 Å². The van der Waals surface area contributed by atoms with Crippen LogP contribution in [0.4, 0.5) is 0 Å². The van der Waals surface area contributed by atoms with Gasteiger partial charge in [0.25, 0.3) is 0 Å². The van der Waals surface area contributed by atoms with Gasteiger partial charge in [-0.25, -0.2) is 0 Å². The lowest BCUT2D eigenvalue weighted by atomic mass is 10.0. The van der Waals surface area contributed by atoms with E-state index in [0.717, 1.165) is 13.1 Å². The standard InChI is InChI=1S/C15H31N3O/c1-10(2)13-15(19)18(14(16-13)11(3)4)9-8-17(7)12(5)6/h10-14,16H,8-9H2,1-7H3. The molecule has 1 amide bonds. The first-order chi connectivity index (χ1) is 8.75. The molecule has 1 aliphatic rings. The van der Waals surface area contributed by atoms with Crippen LogP contribution in [-0.4, -0.2) is 54.1 Å². The van der Waals surface area contributed by atoms with Crippen LogP contribution in [0.15, 0.2) is 0 Å². The van der Waals surface area contributed by atoms with Crippen LogP contribution >= 0.6 is 0 Å². The molecule has 1 N–H and O–H groups in total. The third kappa shape index (κ3) is 3.93. The van der Waals surface area contributed by atoms with Crippen molar-refractivity contribution in [1.29, 1.82) is 0 Å². The molecule has 0 saturated carbocycles. The minimum absolute atomic E-state index is 0.0169. The van der Waals surface area contributed by atoms with Crippen LogP contribution in [0.5, 0.6) is 0 Å². The fourth-order valence-corrected chi connectivity index (χ4v) is 2.46. The molecular weight excluding hydrogens is 238 g/mol. The Hall–Kier alpha value is -0.610. The summed E-state index contributed by atoms with van der Waals surface area (Å²) in [5.41, 5.74) is 0. The number of hydrogen-bond acceptors (Lipinski definition) is 3. The summed E-state index contributed by atoms with van der Waals surface area (Å²) in [6.07, 6.45) is 0.181. The number of carbonyl (C=O) groups excluding carboxylic acids is 1.